The molecule has 2 saturated heterocycles. The average Bonchev–Trinajstić information content (AvgIpc) is 2.88. The highest BCUT2D eigenvalue weighted by atomic mass is 19.1. The van der Waals surface area contributed by atoms with Gasteiger partial charge in [-0.05, 0) is 39.8 Å². The summed E-state index contributed by atoms with van der Waals surface area (Å²) in [5, 5.41) is 2.79. The molecule has 11 heteroatoms. The van der Waals surface area contributed by atoms with Crippen LogP contribution in [0.4, 0.5) is 25.1 Å². The Labute approximate surface area is 216 Å². The van der Waals surface area contributed by atoms with Gasteiger partial charge >= 0.3 is 6.09 Å². The quantitative estimate of drug-likeness (QED) is 0.508. The van der Waals surface area contributed by atoms with Crippen LogP contribution in [0.2, 0.25) is 0 Å². The summed E-state index contributed by atoms with van der Waals surface area (Å²) in [6, 6.07) is 3.63. The van der Waals surface area contributed by atoms with Crippen molar-refractivity contribution in [2.24, 2.45) is 0 Å². The molecule has 0 saturated carbocycles. The molecule has 0 radical (unpaired) electrons. The highest BCUT2D eigenvalue weighted by Crippen LogP contribution is 2.28. The van der Waals surface area contributed by atoms with Gasteiger partial charge in [-0.2, -0.15) is 0 Å². The SMILES string of the molecule is CC(C)OC(=O)N1CCC(Oc2cc(Nc3cc(F)c(OCCN4CCCCC4)cc3F)ncn2)CC1. The number of nitrogens with one attached hydrogen (secondary N) is 1. The maximum atomic E-state index is 14.7. The summed E-state index contributed by atoms with van der Waals surface area (Å²) in [6.45, 7) is 7.67. The van der Waals surface area contributed by atoms with Crippen LogP contribution in [0, 0.1) is 11.6 Å². The van der Waals surface area contributed by atoms with Crippen LogP contribution in [0.1, 0.15) is 46.0 Å². The molecule has 0 spiro atoms. The molecule has 1 N–H and O–H groups in total. The van der Waals surface area contributed by atoms with E-state index in [4.69, 9.17) is 14.2 Å². The van der Waals surface area contributed by atoms with Crippen molar-refractivity contribution in [2.75, 3.05) is 44.6 Å². The maximum absolute atomic E-state index is 14.7. The van der Waals surface area contributed by atoms with Crippen molar-refractivity contribution in [3.63, 3.8) is 0 Å². The van der Waals surface area contributed by atoms with Gasteiger partial charge in [0.2, 0.25) is 5.88 Å². The van der Waals surface area contributed by atoms with Gasteiger partial charge in [0.05, 0.1) is 11.8 Å². The zero-order chi connectivity index (χ0) is 26.2. The Bertz CT molecular complexity index is 1040. The number of hydrogen-bond acceptors (Lipinski definition) is 8. The van der Waals surface area contributed by atoms with Crippen LogP contribution < -0.4 is 14.8 Å². The number of rotatable bonds is 9. The normalized spacial score (nSPS) is 17.1. The zero-order valence-corrected chi connectivity index (χ0v) is 21.4. The predicted molar refractivity (Wildman–Crippen MR) is 134 cm³/mol. The number of amides is 1. The lowest BCUT2D eigenvalue weighted by Gasteiger charge is -2.31. The Hall–Kier alpha value is -3.21. The van der Waals surface area contributed by atoms with Crippen molar-refractivity contribution >= 4 is 17.6 Å². The Morgan fingerprint density at radius 3 is 2.54 bits per heavy atom. The molecular formula is C26H35F2N5O4. The van der Waals surface area contributed by atoms with E-state index in [0.29, 0.717) is 45.0 Å². The highest BCUT2D eigenvalue weighted by molar-refractivity contribution is 5.67. The van der Waals surface area contributed by atoms with Crippen molar-refractivity contribution in [2.45, 2.75) is 58.2 Å². The highest BCUT2D eigenvalue weighted by Gasteiger charge is 2.26. The summed E-state index contributed by atoms with van der Waals surface area (Å²) in [5.74, 6) is -0.860. The van der Waals surface area contributed by atoms with Crippen LogP contribution in [-0.4, -0.2) is 77.4 Å². The lowest BCUT2D eigenvalue weighted by Crippen LogP contribution is -2.42. The van der Waals surface area contributed by atoms with Gasteiger partial charge in [0.25, 0.3) is 0 Å². The number of aromatic nitrogens is 2. The van der Waals surface area contributed by atoms with Crippen LogP contribution in [0.25, 0.3) is 0 Å². The van der Waals surface area contributed by atoms with Gasteiger partial charge in [-0.25, -0.2) is 23.5 Å². The van der Waals surface area contributed by atoms with E-state index in [1.807, 2.05) is 13.8 Å². The van der Waals surface area contributed by atoms with E-state index < -0.39 is 11.6 Å². The lowest BCUT2D eigenvalue weighted by molar-refractivity contribution is 0.0507. The van der Waals surface area contributed by atoms with Gasteiger partial charge in [0.1, 0.15) is 24.9 Å². The smallest absolute Gasteiger partial charge is 0.410 e. The first-order valence-electron chi connectivity index (χ1n) is 12.9. The number of carbonyl (C=O) groups is 1. The number of carbonyl (C=O) groups excluding carboxylic acids is 1. The Kier molecular flexibility index (Phi) is 9.32. The third-order valence-electron chi connectivity index (χ3n) is 6.36. The molecule has 9 nitrogen and oxygen atoms in total. The van der Waals surface area contributed by atoms with Crippen molar-refractivity contribution in [1.29, 1.82) is 0 Å². The molecule has 2 aliphatic rings. The van der Waals surface area contributed by atoms with E-state index in [1.54, 1.807) is 4.90 Å². The second-order valence-corrected chi connectivity index (χ2v) is 9.62. The van der Waals surface area contributed by atoms with Gasteiger partial charge in [0.15, 0.2) is 17.4 Å². The number of nitrogens with zero attached hydrogens (tertiary/aromatic N) is 4. The van der Waals surface area contributed by atoms with Crippen molar-refractivity contribution in [1.82, 2.24) is 19.8 Å². The third-order valence-corrected chi connectivity index (χ3v) is 6.36. The molecule has 1 aromatic heterocycles. The molecule has 202 valence electrons. The molecule has 0 bridgehead atoms. The van der Waals surface area contributed by atoms with Crippen molar-refractivity contribution in [3.05, 3.63) is 36.2 Å². The molecule has 1 amide bonds. The number of anilines is 2. The van der Waals surface area contributed by atoms with Gasteiger partial charge in [-0.1, -0.05) is 6.42 Å². The minimum atomic E-state index is -0.657. The fourth-order valence-electron chi connectivity index (χ4n) is 4.42. The summed E-state index contributed by atoms with van der Waals surface area (Å²) >= 11 is 0. The first-order chi connectivity index (χ1) is 17.9. The number of piperidine rings is 2. The Balaban J connectivity index is 1.29. The van der Waals surface area contributed by atoms with Crippen molar-refractivity contribution < 1.29 is 27.8 Å². The second kappa shape index (κ2) is 12.8. The van der Waals surface area contributed by atoms with E-state index in [1.165, 1.54) is 18.8 Å². The molecule has 2 aliphatic heterocycles. The van der Waals surface area contributed by atoms with Crippen molar-refractivity contribution in [3.8, 4) is 11.6 Å². The number of ether oxygens (including phenoxy) is 3. The molecular weight excluding hydrogens is 484 g/mol. The number of likely N-dealkylation sites (tertiary alicyclic amines) is 2. The summed E-state index contributed by atoms with van der Waals surface area (Å²) in [6.07, 6.45) is 5.47. The minimum absolute atomic E-state index is 0.0671. The van der Waals surface area contributed by atoms with Crippen LogP contribution >= 0.6 is 0 Å². The molecule has 4 rings (SSSR count). The molecule has 1 aromatic carbocycles. The summed E-state index contributed by atoms with van der Waals surface area (Å²) in [7, 11) is 0. The molecule has 0 atom stereocenters. The Morgan fingerprint density at radius 1 is 1.05 bits per heavy atom. The first kappa shape index (κ1) is 26.8. The lowest BCUT2D eigenvalue weighted by atomic mass is 10.1. The molecule has 37 heavy (non-hydrogen) atoms. The van der Waals surface area contributed by atoms with Crippen LogP contribution in [0.5, 0.6) is 11.6 Å². The van der Waals surface area contributed by atoms with E-state index in [0.717, 1.165) is 38.1 Å². The topological polar surface area (TPSA) is 89.0 Å². The number of hydrogen-bond donors (Lipinski definition) is 1. The van der Waals surface area contributed by atoms with Crippen LogP contribution in [-0.2, 0) is 4.74 Å². The number of halogens is 2. The fourth-order valence-corrected chi connectivity index (χ4v) is 4.42. The van der Waals surface area contributed by atoms with Gasteiger partial charge < -0.3 is 24.4 Å². The largest absolute Gasteiger partial charge is 0.489 e. The van der Waals surface area contributed by atoms with Gasteiger partial charge in [-0.3, -0.25) is 4.90 Å². The van der Waals surface area contributed by atoms with Crippen LogP contribution in [0.3, 0.4) is 0 Å². The summed E-state index contributed by atoms with van der Waals surface area (Å²) in [4.78, 5) is 24.2. The molecule has 0 unspecified atom stereocenters. The first-order valence-corrected chi connectivity index (χ1v) is 12.9. The predicted octanol–water partition coefficient (Wildman–Crippen LogP) is 4.75. The maximum Gasteiger partial charge on any atom is 0.410 e. The van der Waals surface area contributed by atoms with E-state index in [-0.39, 0.29) is 35.6 Å². The van der Waals surface area contributed by atoms with Crippen LogP contribution in [0.15, 0.2) is 24.5 Å². The number of benzene rings is 1. The monoisotopic (exact) mass is 519 g/mol. The molecule has 3 heterocycles. The van der Waals surface area contributed by atoms with E-state index in [9.17, 15) is 13.6 Å². The van der Waals surface area contributed by atoms with E-state index >= 15 is 0 Å². The summed E-state index contributed by atoms with van der Waals surface area (Å²) in [5.41, 5.74) is -0.0671. The standard InChI is InChI=1S/C26H35F2N5O4/c1-18(2)36-26(34)33-10-6-19(7-11-33)37-25-16-24(29-17-30-25)31-22-14-21(28)23(15-20(22)27)35-13-12-32-8-4-3-5-9-32/h14-19H,3-13H2,1-2H3,(H,29,30,31). The fraction of sp³-hybridized carbons (Fsp3) is 0.577. The third kappa shape index (κ3) is 7.88. The molecule has 0 aliphatic carbocycles. The molecule has 2 fully saturated rings. The van der Waals surface area contributed by atoms with Gasteiger partial charge in [0, 0.05) is 50.7 Å². The molecule has 2 aromatic rings. The Morgan fingerprint density at radius 2 is 1.81 bits per heavy atom. The van der Waals surface area contributed by atoms with Gasteiger partial charge in [-0.15, -0.1) is 0 Å². The zero-order valence-electron chi connectivity index (χ0n) is 21.4. The summed E-state index contributed by atoms with van der Waals surface area (Å²) < 4.78 is 46.0. The van der Waals surface area contributed by atoms with E-state index in [2.05, 4.69) is 20.2 Å². The average molecular weight is 520 g/mol. The minimum Gasteiger partial charge on any atom is -0.489 e. The second-order valence-electron chi connectivity index (χ2n) is 9.62.